The third kappa shape index (κ3) is 3.32. The quantitative estimate of drug-likeness (QED) is 0.733. The largest absolute Gasteiger partial charge is 0.459 e. The lowest BCUT2D eigenvalue weighted by Gasteiger charge is -2.13. The summed E-state index contributed by atoms with van der Waals surface area (Å²) in [5, 5.41) is 4.31. The molecule has 3 rings (SSSR count). The standard InChI is InChI=1S/C15H14FN3O2S/c1-18(9-11-4-2-5-12(16)8-11)10-19-15(22)21-14(17-19)13-6-3-7-20-13/h2-8H,9-10H2,1H3/p+1. The van der Waals surface area contributed by atoms with Crippen molar-refractivity contribution in [1.82, 2.24) is 9.78 Å². The second-order valence-corrected chi connectivity index (χ2v) is 5.42. The molecule has 0 aliphatic heterocycles. The van der Waals surface area contributed by atoms with Gasteiger partial charge in [-0.05, 0) is 36.5 Å². The number of hydrogen-bond acceptors (Lipinski definition) is 4. The van der Waals surface area contributed by atoms with E-state index in [1.165, 1.54) is 12.1 Å². The normalized spacial score (nSPS) is 12.5. The molecule has 1 N–H and O–H groups in total. The van der Waals surface area contributed by atoms with Crippen LogP contribution < -0.4 is 4.90 Å². The van der Waals surface area contributed by atoms with Crippen LogP contribution in [-0.4, -0.2) is 16.8 Å². The summed E-state index contributed by atoms with van der Waals surface area (Å²) in [5.41, 5.74) is 0.916. The predicted molar refractivity (Wildman–Crippen MR) is 80.0 cm³/mol. The number of nitrogens with one attached hydrogen (secondary N) is 1. The maximum absolute atomic E-state index is 13.2. The van der Waals surface area contributed by atoms with Gasteiger partial charge in [-0.2, -0.15) is 4.68 Å². The van der Waals surface area contributed by atoms with Crippen LogP contribution in [0.5, 0.6) is 0 Å². The molecule has 0 saturated heterocycles. The van der Waals surface area contributed by atoms with Crippen molar-refractivity contribution in [3.63, 3.8) is 0 Å². The lowest BCUT2D eigenvalue weighted by atomic mass is 10.2. The third-order valence-corrected chi connectivity index (χ3v) is 3.45. The minimum atomic E-state index is -0.233. The average molecular weight is 320 g/mol. The molecule has 3 aromatic rings. The monoisotopic (exact) mass is 320 g/mol. The SMILES string of the molecule is C[NH+](Cc1cccc(F)c1)Cn1nc(-c2ccco2)oc1=S. The number of rotatable bonds is 5. The highest BCUT2D eigenvalue weighted by molar-refractivity contribution is 7.71. The molecule has 0 aliphatic carbocycles. The van der Waals surface area contributed by atoms with Gasteiger partial charge in [0.2, 0.25) is 0 Å². The van der Waals surface area contributed by atoms with E-state index >= 15 is 0 Å². The minimum absolute atomic E-state index is 0.233. The van der Waals surface area contributed by atoms with E-state index in [2.05, 4.69) is 5.10 Å². The Morgan fingerprint density at radius 2 is 2.18 bits per heavy atom. The van der Waals surface area contributed by atoms with Crippen molar-refractivity contribution in [3.05, 3.63) is 58.9 Å². The zero-order chi connectivity index (χ0) is 15.5. The second kappa shape index (κ2) is 6.25. The number of quaternary nitrogens is 1. The van der Waals surface area contributed by atoms with Crippen molar-refractivity contribution in [2.24, 2.45) is 0 Å². The van der Waals surface area contributed by atoms with Crippen LogP contribution in [-0.2, 0) is 13.2 Å². The fourth-order valence-corrected chi connectivity index (χ4v) is 2.40. The van der Waals surface area contributed by atoms with Gasteiger partial charge in [0.15, 0.2) is 12.4 Å². The van der Waals surface area contributed by atoms with E-state index < -0.39 is 0 Å². The van der Waals surface area contributed by atoms with E-state index in [0.717, 1.165) is 10.5 Å². The van der Waals surface area contributed by atoms with E-state index in [0.29, 0.717) is 24.9 Å². The summed E-state index contributed by atoms with van der Waals surface area (Å²) in [5.74, 6) is 0.657. The van der Waals surface area contributed by atoms with Crippen molar-refractivity contribution >= 4 is 12.2 Å². The van der Waals surface area contributed by atoms with Crippen molar-refractivity contribution in [1.29, 1.82) is 0 Å². The lowest BCUT2D eigenvalue weighted by molar-refractivity contribution is -0.917. The molecule has 1 atom stereocenters. The van der Waals surface area contributed by atoms with Gasteiger partial charge in [-0.15, -0.1) is 5.10 Å². The Kier molecular flexibility index (Phi) is 4.17. The van der Waals surface area contributed by atoms with Gasteiger partial charge in [-0.3, -0.25) is 0 Å². The van der Waals surface area contributed by atoms with Gasteiger partial charge in [0.1, 0.15) is 12.4 Å². The zero-order valence-corrected chi connectivity index (χ0v) is 12.8. The Morgan fingerprint density at radius 1 is 1.32 bits per heavy atom. The van der Waals surface area contributed by atoms with E-state index in [9.17, 15) is 4.39 Å². The van der Waals surface area contributed by atoms with Crippen LogP contribution in [0.2, 0.25) is 0 Å². The number of furan rings is 1. The van der Waals surface area contributed by atoms with Crippen molar-refractivity contribution in [3.8, 4) is 11.7 Å². The smallest absolute Gasteiger partial charge is 0.292 e. The highest BCUT2D eigenvalue weighted by Crippen LogP contribution is 2.17. The topological polar surface area (TPSA) is 48.5 Å². The van der Waals surface area contributed by atoms with Crippen LogP contribution in [0.1, 0.15) is 5.56 Å². The third-order valence-electron chi connectivity index (χ3n) is 3.15. The maximum Gasteiger partial charge on any atom is 0.292 e. The van der Waals surface area contributed by atoms with Crippen LogP contribution in [0.4, 0.5) is 4.39 Å². The van der Waals surface area contributed by atoms with E-state index in [-0.39, 0.29) is 10.7 Å². The van der Waals surface area contributed by atoms with Gasteiger partial charge in [-0.1, -0.05) is 12.1 Å². The Bertz CT molecular complexity index is 810. The van der Waals surface area contributed by atoms with Gasteiger partial charge < -0.3 is 13.7 Å². The Morgan fingerprint density at radius 3 is 2.91 bits per heavy atom. The van der Waals surface area contributed by atoms with Crippen molar-refractivity contribution < 1.29 is 18.1 Å². The summed E-state index contributed by atoms with van der Waals surface area (Å²) < 4.78 is 25.5. The number of benzene rings is 1. The summed E-state index contributed by atoms with van der Waals surface area (Å²) in [6.45, 7) is 1.17. The first kappa shape index (κ1) is 14.7. The number of halogens is 1. The Hall–Kier alpha value is -2.25. The molecule has 1 unspecified atom stereocenters. The molecular weight excluding hydrogens is 305 g/mol. The van der Waals surface area contributed by atoms with Crippen LogP contribution in [0.3, 0.4) is 0 Å². The van der Waals surface area contributed by atoms with Gasteiger partial charge in [-0.25, -0.2) is 4.39 Å². The molecule has 0 saturated carbocycles. The Balaban J connectivity index is 1.72. The molecule has 1 aromatic carbocycles. The highest BCUT2D eigenvalue weighted by atomic mass is 32.1. The van der Waals surface area contributed by atoms with Crippen molar-refractivity contribution in [2.45, 2.75) is 13.2 Å². The number of hydrogen-bond donors (Lipinski definition) is 1. The molecule has 0 fully saturated rings. The number of aromatic nitrogens is 2. The van der Waals surface area contributed by atoms with Gasteiger partial charge >= 0.3 is 0 Å². The molecule has 5 nitrogen and oxygen atoms in total. The van der Waals surface area contributed by atoms with Crippen LogP contribution in [0, 0.1) is 10.7 Å². The fourth-order valence-electron chi connectivity index (χ4n) is 2.21. The first-order valence-corrected chi connectivity index (χ1v) is 7.20. The summed E-state index contributed by atoms with van der Waals surface area (Å²) in [6.07, 6.45) is 1.55. The molecule has 0 amide bonds. The molecule has 0 bridgehead atoms. The van der Waals surface area contributed by atoms with Crippen LogP contribution >= 0.6 is 12.2 Å². The summed E-state index contributed by atoms with van der Waals surface area (Å²) in [4.78, 5) is 1.38. The van der Waals surface area contributed by atoms with E-state index in [4.69, 9.17) is 21.1 Å². The van der Waals surface area contributed by atoms with Gasteiger partial charge in [0.25, 0.3) is 10.7 Å². The summed E-state index contributed by atoms with van der Waals surface area (Å²) in [7, 11) is 1.98. The molecular formula is C15H15FN3O2S+. The van der Waals surface area contributed by atoms with E-state index in [1.807, 2.05) is 13.1 Å². The van der Waals surface area contributed by atoms with Crippen molar-refractivity contribution in [2.75, 3.05) is 7.05 Å². The molecule has 0 radical (unpaired) electrons. The van der Waals surface area contributed by atoms with Crippen LogP contribution in [0.15, 0.2) is 51.5 Å². The summed E-state index contributed by atoms with van der Waals surface area (Å²) in [6, 6.07) is 10.1. The maximum atomic E-state index is 13.2. The van der Waals surface area contributed by atoms with Gasteiger partial charge in [0.05, 0.1) is 13.3 Å². The minimum Gasteiger partial charge on any atom is -0.459 e. The molecule has 7 heteroatoms. The molecule has 0 aliphatic rings. The molecule has 0 spiro atoms. The lowest BCUT2D eigenvalue weighted by Crippen LogP contribution is -3.07. The predicted octanol–water partition coefficient (Wildman–Crippen LogP) is 2.28. The van der Waals surface area contributed by atoms with Gasteiger partial charge in [0, 0.05) is 5.56 Å². The second-order valence-electron chi connectivity index (χ2n) is 5.07. The molecule has 2 aromatic heterocycles. The first-order chi connectivity index (χ1) is 10.6. The molecule has 22 heavy (non-hydrogen) atoms. The highest BCUT2D eigenvalue weighted by Gasteiger charge is 2.13. The average Bonchev–Trinajstić information content (AvgIpc) is 3.09. The zero-order valence-electron chi connectivity index (χ0n) is 12.0. The summed E-state index contributed by atoms with van der Waals surface area (Å²) >= 11 is 5.17. The number of nitrogens with zero attached hydrogens (tertiary/aromatic N) is 2. The molecule has 2 heterocycles. The fraction of sp³-hybridized carbons (Fsp3) is 0.200. The van der Waals surface area contributed by atoms with Crippen LogP contribution in [0.25, 0.3) is 11.7 Å². The first-order valence-electron chi connectivity index (χ1n) is 6.79. The Labute approximate surface area is 131 Å². The molecule has 114 valence electrons. The van der Waals surface area contributed by atoms with E-state index in [1.54, 1.807) is 29.1 Å².